The van der Waals surface area contributed by atoms with E-state index in [4.69, 9.17) is 14.2 Å². The third kappa shape index (κ3) is 4.05. The molecule has 1 N–H and O–H groups in total. The third-order valence-electron chi connectivity index (χ3n) is 7.40. The number of hydrogen-bond acceptors (Lipinski definition) is 4. The van der Waals surface area contributed by atoms with E-state index in [2.05, 4.69) is 32.9 Å². The third-order valence-corrected chi connectivity index (χ3v) is 7.40. The summed E-state index contributed by atoms with van der Waals surface area (Å²) in [7, 11) is 0. The second kappa shape index (κ2) is 8.41. The first-order valence-electron chi connectivity index (χ1n) is 11.7. The Bertz CT molecular complexity index is 735. The maximum Gasteiger partial charge on any atom is 0.510 e. The number of hydrogen-bond donors (Lipinski definition) is 1. The van der Waals surface area contributed by atoms with E-state index in [0.29, 0.717) is 11.8 Å². The highest BCUT2D eigenvalue weighted by molar-refractivity contribution is 5.57. The Hall–Kier alpha value is -1.75. The highest BCUT2D eigenvalue weighted by Crippen LogP contribution is 2.56. The molecule has 4 rings (SSSR count). The molecule has 1 aliphatic heterocycles. The van der Waals surface area contributed by atoms with Gasteiger partial charge in [0.2, 0.25) is 0 Å². The van der Waals surface area contributed by atoms with Crippen LogP contribution in [0.25, 0.3) is 0 Å². The van der Waals surface area contributed by atoms with E-state index in [1.807, 2.05) is 6.07 Å². The van der Waals surface area contributed by atoms with Gasteiger partial charge >= 0.3 is 12.6 Å². The maximum atomic E-state index is 11.3. The van der Waals surface area contributed by atoms with Crippen LogP contribution in [0.4, 0.5) is 4.79 Å². The van der Waals surface area contributed by atoms with E-state index in [-0.39, 0.29) is 5.41 Å². The van der Waals surface area contributed by atoms with Gasteiger partial charge in [-0.1, -0.05) is 65.4 Å². The van der Waals surface area contributed by atoms with Gasteiger partial charge in [0.1, 0.15) is 11.4 Å². The Morgan fingerprint density at radius 3 is 2.07 bits per heavy atom. The lowest BCUT2D eigenvalue weighted by molar-refractivity contribution is -0.324. The standard InChI is InChI=1S/C25H36O5/c1-24(2,3)19-14-15-21-20(16-19)25(17-10-6-4-7-11-17,18-12-8-5-9-13-18)30-23(28-21)29-22(26)27/h14-18,23H,4-13H2,1-3H3,(H,26,27). The average molecular weight is 417 g/mol. The predicted octanol–water partition coefficient (Wildman–Crippen LogP) is 6.73. The fourth-order valence-electron chi connectivity index (χ4n) is 5.91. The Balaban J connectivity index is 1.87. The molecule has 1 aromatic carbocycles. The number of benzene rings is 1. The summed E-state index contributed by atoms with van der Waals surface area (Å²) in [4.78, 5) is 11.3. The minimum Gasteiger partial charge on any atom is -0.450 e. The normalized spacial score (nSPS) is 25.2. The molecule has 0 amide bonds. The number of ether oxygens (including phenoxy) is 3. The zero-order valence-electron chi connectivity index (χ0n) is 18.6. The fourth-order valence-corrected chi connectivity index (χ4v) is 5.91. The molecule has 1 aromatic rings. The van der Waals surface area contributed by atoms with E-state index >= 15 is 0 Å². The van der Waals surface area contributed by atoms with Crippen LogP contribution in [0.5, 0.6) is 5.75 Å². The lowest BCUT2D eigenvalue weighted by Crippen LogP contribution is -2.53. The molecule has 2 saturated carbocycles. The van der Waals surface area contributed by atoms with Gasteiger partial charge in [-0.2, -0.15) is 0 Å². The summed E-state index contributed by atoms with van der Waals surface area (Å²) in [5, 5.41) is 9.27. The number of rotatable bonds is 3. The number of carboxylic acid groups (broad SMARTS) is 1. The molecular formula is C25H36O5. The first kappa shape index (κ1) is 21.5. The van der Waals surface area contributed by atoms with Gasteiger partial charge in [0.15, 0.2) is 0 Å². The molecule has 0 radical (unpaired) electrons. The predicted molar refractivity (Wildman–Crippen MR) is 115 cm³/mol. The van der Waals surface area contributed by atoms with Crippen LogP contribution in [0.2, 0.25) is 0 Å². The van der Waals surface area contributed by atoms with Gasteiger partial charge in [-0.3, -0.25) is 4.74 Å². The van der Waals surface area contributed by atoms with Crippen LogP contribution in [0, 0.1) is 11.8 Å². The molecule has 0 aromatic heterocycles. The van der Waals surface area contributed by atoms with Crippen LogP contribution in [-0.4, -0.2) is 17.7 Å². The summed E-state index contributed by atoms with van der Waals surface area (Å²) in [6.07, 6.45) is 10.4. The van der Waals surface area contributed by atoms with Crippen LogP contribution >= 0.6 is 0 Å². The van der Waals surface area contributed by atoms with E-state index in [1.165, 1.54) is 44.1 Å². The molecule has 2 fully saturated rings. The molecule has 0 saturated heterocycles. The van der Waals surface area contributed by atoms with Crippen molar-refractivity contribution in [3.8, 4) is 5.75 Å². The van der Waals surface area contributed by atoms with Gasteiger partial charge in [-0.15, -0.1) is 0 Å². The molecule has 5 nitrogen and oxygen atoms in total. The molecular weight excluding hydrogens is 380 g/mol. The zero-order chi connectivity index (χ0) is 21.4. The van der Waals surface area contributed by atoms with Crippen molar-refractivity contribution in [2.45, 2.75) is 102 Å². The Morgan fingerprint density at radius 2 is 1.57 bits per heavy atom. The number of fused-ring (bicyclic) bond motifs is 1. The molecule has 166 valence electrons. The minimum absolute atomic E-state index is 0.00825. The SMILES string of the molecule is CC(C)(C)c1ccc2c(c1)C(C1CCCCC1)(C1CCCCC1)OC(OC(=O)O)O2. The van der Waals surface area contributed by atoms with Crippen LogP contribution < -0.4 is 4.74 Å². The molecule has 1 unspecified atom stereocenters. The van der Waals surface area contributed by atoms with E-state index in [1.54, 1.807) is 0 Å². The van der Waals surface area contributed by atoms with Gasteiger partial charge in [0, 0.05) is 5.56 Å². The highest BCUT2D eigenvalue weighted by Gasteiger charge is 2.54. The molecule has 5 heteroatoms. The van der Waals surface area contributed by atoms with Crippen molar-refractivity contribution in [1.29, 1.82) is 0 Å². The molecule has 30 heavy (non-hydrogen) atoms. The van der Waals surface area contributed by atoms with Crippen molar-refractivity contribution in [3.05, 3.63) is 29.3 Å². The molecule has 1 heterocycles. The summed E-state index contributed by atoms with van der Waals surface area (Å²) in [6, 6.07) is 6.36. The van der Waals surface area contributed by atoms with Crippen molar-refractivity contribution in [2.75, 3.05) is 0 Å². The maximum absolute atomic E-state index is 11.3. The van der Waals surface area contributed by atoms with E-state index < -0.39 is 18.2 Å². The summed E-state index contributed by atoms with van der Waals surface area (Å²) < 4.78 is 17.6. The average Bonchev–Trinajstić information content (AvgIpc) is 2.73. The summed E-state index contributed by atoms with van der Waals surface area (Å²) in [5.41, 5.74) is 1.82. The summed E-state index contributed by atoms with van der Waals surface area (Å²) in [5.74, 6) is 1.43. The van der Waals surface area contributed by atoms with Crippen LogP contribution in [-0.2, 0) is 20.5 Å². The number of carbonyl (C=O) groups is 1. The van der Waals surface area contributed by atoms with Crippen LogP contribution in [0.3, 0.4) is 0 Å². The zero-order valence-corrected chi connectivity index (χ0v) is 18.6. The molecule has 1 atom stereocenters. The Kier molecular flexibility index (Phi) is 6.02. The molecule has 2 aliphatic carbocycles. The van der Waals surface area contributed by atoms with Gasteiger partial charge in [-0.05, 0) is 60.6 Å². The van der Waals surface area contributed by atoms with Gasteiger partial charge in [0.05, 0.1) is 0 Å². The molecule has 3 aliphatic rings. The van der Waals surface area contributed by atoms with Crippen molar-refractivity contribution < 1.29 is 24.1 Å². The van der Waals surface area contributed by atoms with Crippen molar-refractivity contribution in [2.24, 2.45) is 11.8 Å². The minimum atomic E-state index is -1.36. The van der Waals surface area contributed by atoms with Gasteiger partial charge < -0.3 is 14.6 Å². The highest BCUT2D eigenvalue weighted by atomic mass is 16.9. The second-order valence-corrected chi connectivity index (χ2v) is 10.3. The van der Waals surface area contributed by atoms with Crippen LogP contribution in [0.15, 0.2) is 18.2 Å². The first-order chi connectivity index (χ1) is 14.3. The van der Waals surface area contributed by atoms with Crippen molar-refractivity contribution in [1.82, 2.24) is 0 Å². The van der Waals surface area contributed by atoms with E-state index in [9.17, 15) is 9.90 Å². The lowest BCUT2D eigenvalue weighted by atomic mass is 9.62. The Morgan fingerprint density at radius 1 is 1.00 bits per heavy atom. The lowest BCUT2D eigenvalue weighted by Gasteiger charge is -2.52. The summed E-state index contributed by atoms with van der Waals surface area (Å²) >= 11 is 0. The summed E-state index contributed by atoms with van der Waals surface area (Å²) in [6.45, 7) is 5.45. The molecule has 0 spiro atoms. The quantitative estimate of drug-likeness (QED) is 0.554. The van der Waals surface area contributed by atoms with Crippen LogP contribution in [0.1, 0.15) is 96.1 Å². The largest absolute Gasteiger partial charge is 0.510 e. The van der Waals surface area contributed by atoms with Gasteiger partial charge in [-0.25, -0.2) is 4.79 Å². The Labute approximate surface area is 180 Å². The van der Waals surface area contributed by atoms with Crippen molar-refractivity contribution in [3.63, 3.8) is 0 Å². The fraction of sp³-hybridized carbons (Fsp3) is 0.720. The topological polar surface area (TPSA) is 65.0 Å². The smallest absolute Gasteiger partial charge is 0.450 e. The van der Waals surface area contributed by atoms with Gasteiger partial charge in [0.25, 0.3) is 0 Å². The monoisotopic (exact) mass is 416 g/mol. The molecule has 0 bridgehead atoms. The van der Waals surface area contributed by atoms with E-state index in [0.717, 1.165) is 37.0 Å². The second-order valence-electron chi connectivity index (χ2n) is 10.3. The first-order valence-corrected chi connectivity index (χ1v) is 11.7. The van der Waals surface area contributed by atoms with Crippen molar-refractivity contribution >= 4 is 6.16 Å².